The molecule has 0 bridgehead atoms. The summed E-state index contributed by atoms with van der Waals surface area (Å²) in [7, 11) is -6.00. The van der Waals surface area contributed by atoms with E-state index in [1.807, 2.05) is 0 Å². The van der Waals surface area contributed by atoms with Gasteiger partial charge in [0, 0.05) is 17.0 Å². The van der Waals surface area contributed by atoms with E-state index in [-0.39, 0.29) is 0 Å². The van der Waals surface area contributed by atoms with Gasteiger partial charge < -0.3 is 17.3 Å². The summed E-state index contributed by atoms with van der Waals surface area (Å²) in [6.07, 6.45) is 4.33. The molecule has 0 aliphatic carbocycles. The molecule has 6 heteroatoms. The van der Waals surface area contributed by atoms with Gasteiger partial charge in [0.2, 0.25) is 0 Å². The topological polar surface area (TPSA) is 3.88 Å². The predicted molar refractivity (Wildman–Crippen MR) is 79.9 cm³/mol. The van der Waals surface area contributed by atoms with E-state index in [0.29, 0.717) is 0 Å². The molecule has 1 aromatic heterocycles. The van der Waals surface area contributed by atoms with Crippen LogP contribution in [0.3, 0.4) is 0 Å². The Morgan fingerprint density at radius 3 is 1.91 bits per heavy atom. The summed E-state index contributed by atoms with van der Waals surface area (Å²) < 4.78 is 41.2. The van der Waals surface area contributed by atoms with Crippen molar-refractivity contribution in [2.24, 2.45) is 0 Å². The molecule has 0 aliphatic rings. The SMILES string of the molecule is F[B-](F)(F)F.c1ccc(C[n+]2ccc3ccccc3c2)cc1. The first kappa shape index (κ1) is 16.0. The van der Waals surface area contributed by atoms with Gasteiger partial charge >= 0.3 is 7.25 Å². The molecule has 114 valence electrons. The van der Waals surface area contributed by atoms with E-state index in [0.717, 1.165) is 6.54 Å². The minimum Gasteiger partial charge on any atom is -0.418 e. The highest BCUT2D eigenvalue weighted by Gasteiger charge is 2.20. The highest BCUT2D eigenvalue weighted by Crippen LogP contribution is 2.10. The van der Waals surface area contributed by atoms with Crippen LogP contribution in [0.2, 0.25) is 0 Å². The van der Waals surface area contributed by atoms with Gasteiger partial charge in [-0.15, -0.1) is 0 Å². The maximum Gasteiger partial charge on any atom is 0.673 e. The van der Waals surface area contributed by atoms with Crippen LogP contribution in [0.1, 0.15) is 5.56 Å². The maximum absolute atomic E-state index is 9.75. The van der Waals surface area contributed by atoms with Crippen molar-refractivity contribution in [1.82, 2.24) is 0 Å². The molecule has 0 radical (unpaired) electrons. The quantitative estimate of drug-likeness (QED) is 0.373. The molecule has 0 aliphatic heterocycles. The summed E-state index contributed by atoms with van der Waals surface area (Å²) in [5.41, 5.74) is 1.33. The smallest absolute Gasteiger partial charge is 0.418 e. The second kappa shape index (κ2) is 7.07. The third-order valence-electron chi connectivity index (χ3n) is 2.95. The summed E-state index contributed by atoms with van der Waals surface area (Å²) in [4.78, 5) is 0. The number of rotatable bonds is 2. The van der Waals surface area contributed by atoms with Crippen molar-refractivity contribution in [2.75, 3.05) is 0 Å². The molecule has 0 saturated carbocycles. The van der Waals surface area contributed by atoms with Crippen molar-refractivity contribution in [1.29, 1.82) is 0 Å². The van der Waals surface area contributed by atoms with Gasteiger partial charge in [0.15, 0.2) is 18.9 Å². The molecule has 3 rings (SSSR count). The van der Waals surface area contributed by atoms with E-state index >= 15 is 0 Å². The number of benzene rings is 2. The lowest BCUT2D eigenvalue weighted by molar-refractivity contribution is -0.687. The third-order valence-corrected chi connectivity index (χ3v) is 2.95. The number of halogens is 4. The van der Waals surface area contributed by atoms with Crippen molar-refractivity contribution in [2.45, 2.75) is 6.54 Å². The van der Waals surface area contributed by atoms with Gasteiger partial charge in [-0.2, -0.15) is 0 Å². The zero-order chi connectivity index (χ0) is 16.0. The Bertz CT molecular complexity index is 723. The molecule has 0 fully saturated rings. The lowest BCUT2D eigenvalue weighted by Crippen LogP contribution is -2.33. The standard InChI is InChI=1S/C16H14N.BF4/c1-2-6-14(7-3-1)12-17-11-10-15-8-4-5-9-16(15)13-17;2-1(3,4)5/h1-11,13H,12H2;/q+1;-1. The van der Waals surface area contributed by atoms with Crippen molar-refractivity contribution < 1.29 is 21.8 Å². The van der Waals surface area contributed by atoms with Gasteiger partial charge in [-0.3, -0.25) is 0 Å². The van der Waals surface area contributed by atoms with Crippen molar-refractivity contribution in [3.8, 4) is 0 Å². The van der Waals surface area contributed by atoms with Crippen LogP contribution >= 0.6 is 0 Å². The van der Waals surface area contributed by atoms with E-state index in [2.05, 4.69) is 77.6 Å². The average Bonchev–Trinajstić information content (AvgIpc) is 2.46. The predicted octanol–water partition coefficient (Wildman–Crippen LogP) is 4.48. The Morgan fingerprint density at radius 1 is 0.727 bits per heavy atom. The minimum atomic E-state index is -6.00. The first-order valence-corrected chi connectivity index (χ1v) is 6.71. The fourth-order valence-corrected chi connectivity index (χ4v) is 2.07. The van der Waals surface area contributed by atoms with Crippen LogP contribution in [-0.4, -0.2) is 7.25 Å². The molecule has 0 spiro atoms. The third kappa shape index (κ3) is 5.56. The van der Waals surface area contributed by atoms with Crippen molar-refractivity contribution in [3.05, 3.63) is 78.6 Å². The Hall–Kier alpha value is -2.37. The van der Waals surface area contributed by atoms with E-state index in [1.54, 1.807) is 0 Å². The number of pyridine rings is 1. The molecule has 0 atom stereocenters. The zero-order valence-electron chi connectivity index (χ0n) is 11.7. The Morgan fingerprint density at radius 2 is 1.27 bits per heavy atom. The summed E-state index contributed by atoms with van der Waals surface area (Å²) in [5.74, 6) is 0. The summed E-state index contributed by atoms with van der Waals surface area (Å²) in [5, 5.41) is 2.57. The number of hydrogen-bond acceptors (Lipinski definition) is 0. The summed E-state index contributed by atoms with van der Waals surface area (Å²) in [6, 6.07) is 21.1. The summed E-state index contributed by atoms with van der Waals surface area (Å²) in [6.45, 7) is 0.922. The van der Waals surface area contributed by atoms with Gasteiger partial charge in [-0.05, 0) is 11.5 Å². The van der Waals surface area contributed by atoms with Crippen LogP contribution in [0.5, 0.6) is 0 Å². The molecule has 22 heavy (non-hydrogen) atoms. The number of nitrogens with zero attached hydrogens (tertiary/aromatic N) is 1. The zero-order valence-corrected chi connectivity index (χ0v) is 11.7. The van der Waals surface area contributed by atoms with Crippen LogP contribution in [0, 0.1) is 0 Å². The number of aromatic nitrogens is 1. The van der Waals surface area contributed by atoms with Gasteiger partial charge in [0.1, 0.15) is 0 Å². The fraction of sp³-hybridized carbons (Fsp3) is 0.0625. The fourth-order valence-electron chi connectivity index (χ4n) is 2.07. The number of hydrogen-bond donors (Lipinski definition) is 0. The monoisotopic (exact) mass is 307 g/mol. The lowest BCUT2D eigenvalue weighted by atomic mass is 10.1. The molecule has 2 aromatic carbocycles. The highest BCUT2D eigenvalue weighted by molar-refractivity contribution is 6.50. The molecule has 0 amide bonds. The van der Waals surface area contributed by atoms with Crippen molar-refractivity contribution in [3.63, 3.8) is 0 Å². The van der Waals surface area contributed by atoms with Gasteiger partial charge in [0.05, 0.1) is 0 Å². The van der Waals surface area contributed by atoms with Crippen LogP contribution in [0.15, 0.2) is 73.1 Å². The minimum absolute atomic E-state index is 0.922. The van der Waals surface area contributed by atoms with Crippen molar-refractivity contribution >= 4 is 18.0 Å². The largest absolute Gasteiger partial charge is 0.673 e. The van der Waals surface area contributed by atoms with Gasteiger partial charge in [-0.1, -0.05) is 48.5 Å². The van der Waals surface area contributed by atoms with Crippen LogP contribution in [0.25, 0.3) is 10.8 Å². The normalized spacial score (nSPS) is 10.9. The van der Waals surface area contributed by atoms with E-state index in [4.69, 9.17) is 0 Å². The van der Waals surface area contributed by atoms with Crippen LogP contribution < -0.4 is 4.57 Å². The van der Waals surface area contributed by atoms with E-state index in [1.165, 1.54) is 16.3 Å². The molecular formula is C16H14BF4N. The number of fused-ring (bicyclic) bond motifs is 1. The molecule has 3 aromatic rings. The Balaban J connectivity index is 0.000000309. The van der Waals surface area contributed by atoms with E-state index in [9.17, 15) is 17.3 Å². The first-order valence-electron chi connectivity index (χ1n) is 6.71. The van der Waals surface area contributed by atoms with Gasteiger partial charge in [0.25, 0.3) is 0 Å². The summed E-state index contributed by atoms with van der Waals surface area (Å²) >= 11 is 0. The molecule has 1 nitrogen and oxygen atoms in total. The molecule has 0 unspecified atom stereocenters. The second-order valence-electron chi connectivity index (χ2n) is 4.73. The Kier molecular flexibility index (Phi) is 5.14. The molecule has 0 saturated heterocycles. The maximum atomic E-state index is 9.75. The Labute approximate surface area is 125 Å². The van der Waals surface area contributed by atoms with E-state index < -0.39 is 7.25 Å². The molecule has 0 N–H and O–H groups in total. The van der Waals surface area contributed by atoms with Crippen LogP contribution in [-0.2, 0) is 6.54 Å². The first-order chi connectivity index (χ1) is 10.4. The lowest BCUT2D eigenvalue weighted by Gasteiger charge is -1.99. The molecule has 1 heterocycles. The van der Waals surface area contributed by atoms with Crippen LogP contribution in [0.4, 0.5) is 17.3 Å². The second-order valence-corrected chi connectivity index (χ2v) is 4.73. The molecular weight excluding hydrogens is 293 g/mol. The average molecular weight is 307 g/mol. The highest BCUT2D eigenvalue weighted by atomic mass is 19.5. The van der Waals surface area contributed by atoms with Gasteiger partial charge in [-0.25, -0.2) is 4.57 Å².